The topological polar surface area (TPSA) is 67.2 Å². The Hall–Kier alpha value is -1.62. The van der Waals surface area contributed by atoms with Crippen molar-refractivity contribution >= 4 is 12.0 Å². The van der Waals surface area contributed by atoms with Gasteiger partial charge in [-0.05, 0) is 25.8 Å². The number of rotatable bonds is 5. The average Bonchev–Trinajstić information content (AvgIpc) is 2.66. The number of amides is 1. The van der Waals surface area contributed by atoms with Crippen LogP contribution in [-0.4, -0.2) is 33.4 Å². The summed E-state index contributed by atoms with van der Waals surface area (Å²) in [5.74, 6) is -0.117. The second-order valence-corrected chi connectivity index (χ2v) is 4.60. The molecule has 5 heteroatoms. The van der Waals surface area contributed by atoms with Crippen molar-refractivity contribution in [2.24, 2.45) is 13.0 Å². The van der Waals surface area contributed by atoms with E-state index < -0.39 is 0 Å². The normalized spacial score (nSPS) is 14.7. The van der Waals surface area contributed by atoms with Crippen LogP contribution in [0.2, 0.25) is 0 Å². The van der Waals surface area contributed by atoms with Crippen molar-refractivity contribution in [3.8, 4) is 0 Å². The molecule has 0 aliphatic heterocycles. The predicted molar refractivity (Wildman–Crippen MR) is 70.8 cm³/mol. The summed E-state index contributed by atoms with van der Waals surface area (Å²) >= 11 is 0. The second-order valence-electron chi connectivity index (χ2n) is 4.60. The Morgan fingerprint density at radius 3 is 2.78 bits per heavy atom. The number of hydrogen-bond donors (Lipinski definition) is 2. The monoisotopic (exact) mass is 251 g/mol. The molecule has 2 N–H and O–H groups in total. The fourth-order valence-electron chi connectivity index (χ4n) is 1.42. The Morgan fingerprint density at radius 1 is 1.61 bits per heavy atom. The van der Waals surface area contributed by atoms with E-state index in [-0.39, 0.29) is 24.5 Å². The lowest BCUT2D eigenvalue weighted by Gasteiger charge is -2.17. The van der Waals surface area contributed by atoms with Gasteiger partial charge in [-0.25, -0.2) is 0 Å². The Kier molecular flexibility index (Phi) is 5.09. The number of aryl methyl sites for hydroxylation is 1. The lowest BCUT2D eigenvalue weighted by Crippen LogP contribution is -2.37. The molecule has 1 aromatic heterocycles. The fraction of sp³-hybridized carbons (Fsp3) is 0.538. The highest BCUT2D eigenvalue weighted by atomic mass is 16.3. The molecule has 0 spiro atoms. The molecule has 1 rings (SSSR count). The van der Waals surface area contributed by atoms with Gasteiger partial charge in [0, 0.05) is 37.0 Å². The minimum atomic E-state index is -0.161. The van der Waals surface area contributed by atoms with Crippen LogP contribution in [0.25, 0.3) is 6.08 Å². The Labute approximate surface area is 108 Å². The first-order valence-corrected chi connectivity index (χ1v) is 6.03. The molecule has 18 heavy (non-hydrogen) atoms. The zero-order valence-corrected chi connectivity index (χ0v) is 11.3. The van der Waals surface area contributed by atoms with E-state index in [9.17, 15) is 4.79 Å². The van der Waals surface area contributed by atoms with Crippen LogP contribution in [0.4, 0.5) is 0 Å². The molecule has 0 radical (unpaired) electrons. The molecule has 0 fully saturated rings. The second kappa shape index (κ2) is 6.35. The van der Waals surface area contributed by atoms with Crippen LogP contribution in [0.5, 0.6) is 0 Å². The van der Waals surface area contributed by atoms with Crippen molar-refractivity contribution in [3.63, 3.8) is 0 Å². The van der Waals surface area contributed by atoms with Gasteiger partial charge in [0.25, 0.3) is 0 Å². The maximum Gasteiger partial charge on any atom is 0.244 e. The largest absolute Gasteiger partial charge is 0.396 e. The van der Waals surface area contributed by atoms with Gasteiger partial charge in [0.1, 0.15) is 0 Å². The quantitative estimate of drug-likeness (QED) is 0.763. The van der Waals surface area contributed by atoms with Crippen molar-refractivity contribution in [2.45, 2.75) is 26.8 Å². The van der Waals surface area contributed by atoms with Crippen LogP contribution in [0.1, 0.15) is 25.1 Å². The lowest BCUT2D eigenvalue weighted by atomic mass is 10.1. The molecule has 0 saturated heterocycles. The molecule has 0 aromatic carbocycles. The number of hydrogen-bond acceptors (Lipinski definition) is 3. The number of nitrogens with zero attached hydrogens (tertiary/aromatic N) is 2. The first-order chi connectivity index (χ1) is 8.45. The molecule has 0 aliphatic carbocycles. The van der Waals surface area contributed by atoms with Crippen LogP contribution in [0.15, 0.2) is 12.3 Å². The van der Waals surface area contributed by atoms with Crippen molar-refractivity contribution in [2.75, 3.05) is 6.61 Å². The highest BCUT2D eigenvalue weighted by Crippen LogP contribution is 2.07. The van der Waals surface area contributed by atoms with E-state index in [1.165, 1.54) is 6.08 Å². The van der Waals surface area contributed by atoms with Gasteiger partial charge in [0.2, 0.25) is 5.91 Å². The number of nitrogens with one attached hydrogen (secondary N) is 1. The van der Waals surface area contributed by atoms with Crippen LogP contribution < -0.4 is 5.32 Å². The number of carbonyl (C=O) groups excluding carboxylic acids is 1. The molecule has 5 nitrogen and oxygen atoms in total. The van der Waals surface area contributed by atoms with Crippen LogP contribution in [0, 0.1) is 12.8 Å². The number of aliphatic hydroxyl groups is 1. The first kappa shape index (κ1) is 14.4. The fourth-order valence-corrected chi connectivity index (χ4v) is 1.42. The highest BCUT2D eigenvalue weighted by molar-refractivity contribution is 5.92. The third-order valence-electron chi connectivity index (χ3n) is 3.20. The van der Waals surface area contributed by atoms with Crippen molar-refractivity contribution in [3.05, 3.63) is 23.5 Å². The minimum absolute atomic E-state index is 0.0440. The van der Waals surface area contributed by atoms with E-state index >= 15 is 0 Å². The molecule has 0 bridgehead atoms. The van der Waals surface area contributed by atoms with Gasteiger partial charge in [-0.3, -0.25) is 9.48 Å². The summed E-state index contributed by atoms with van der Waals surface area (Å²) < 4.78 is 1.76. The van der Waals surface area contributed by atoms with E-state index in [4.69, 9.17) is 5.11 Å². The van der Waals surface area contributed by atoms with Crippen LogP contribution in [0.3, 0.4) is 0 Å². The van der Waals surface area contributed by atoms with Crippen LogP contribution >= 0.6 is 0 Å². The van der Waals surface area contributed by atoms with E-state index in [0.29, 0.717) is 0 Å². The van der Waals surface area contributed by atoms with Gasteiger partial charge in [0.05, 0.1) is 6.20 Å². The average molecular weight is 251 g/mol. The van der Waals surface area contributed by atoms with E-state index in [2.05, 4.69) is 10.4 Å². The van der Waals surface area contributed by atoms with Crippen molar-refractivity contribution in [1.29, 1.82) is 0 Å². The van der Waals surface area contributed by atoms with Gasteiger partial charge < -0.3 is 10.4 Å². The zero-order chi connectivity index (χ0) is 13.7. The molecule has 0 saturated carbocycles. The van der Waals surface area contributed by atoms with E-state index in [1.807, 2.05) is 27.8 Å². The highest BCUT2D eigenvalue weighted by Gasteiger charge is 2.12. The molecular weight excluding hydrogens is 230 g/mol. The molecule has 1 amide bonds. The Bertz CT molecular complexity index is 437. The number of aliphatic hydroxyl groups excluding tert-OH is 1. The van der Waals surface area contributed by atoms with E-state index in [1.54, 1.807) is 17.0 Å². The summed E-state index contributed by atoms with van der Waals surface area (Å²) in [4.78, 5) is 11.7. The smallest absolute Gasteiger partial charge is 0.244 e. The molecule has 100 valence electrons. The van der Waals surface area contributed by atoms with E-state index in [0.717, 1.165) is 11.3 Å². The van der Waals surface area contributed by atoms with Crippen molar-refractivity contribution in [1.82, 2.24) is 15.1 Å². The third-order valence-corrected chi connectivity index (χ3v) is 3.20. The molecule has 2 atom stereocenters. The summed E-state index contributed by atoms with van der Waals surface area (Å²) in [5, 5.41) is 15.9. The number of aromatic nitrogens is 2. The molecule has 1 heterocycles. The summed E-state index contributed by atoms with van der Waals surface area (Å²) in [6.07, 6.45) is 4.96. The number of carbonyl (C=O) groups is 1. The first-order valence-electron chi connectivity index (χ1n) is 6.03. The minimum Gasteiger partial charge on any atom is -0.396 e. The molecule has 1 aromatic rings. The lowest BCUT2D eigenvalue weighted by molar-refractivity contribution is -0.117. The molecule has 2 unspecified atom stereocenters. The summed E-state index contributed by atoms with van der Waals surface area (Å²) in [6.45, 7) is 5.77. The Balaban J connectivity index is 2.57. The standard InChI is InChI=1S/C13H21N3O2/c1-9(8-17)10(2)15-13(18)6-5-12-7-14-16(4)11(12)3/h5-7,9-10,17H,8H2,1-4H3,(H,15,18)/b6-5+. The maximum atomic E-state index is 11.7. The molecular formula is C13H21N3O2. The molecule has 0 aliphatic rings. The van der Waals surface area contributed by atoms with Crippen molar-refractivity contribution < 1.29 is 9.90 Å². The summed E-state index contributed by atoms with van der Waals surface area (Å²) in [7, 11) is 1.86. The third kappa shape index (κ3) is 3.70. The predicted octanol–water partition coefficient (Wildman–Crippen LogP) is 0.875. The summed E-state index contributed by atoms with van der Waals surface area (Å²) in [5.41, 5.74) is 1.94. The van der Waals surface area contributed by atoms with Crippen LogP contribution in [-0.2, 0) is 11.8 Å². The van der Waals surface area contributed by atoms with Gasteiger partial charge in [0.15, 0.2) is 0 Å². The zero-order valence-electron chi connectivity index (χ0n) is 11.3. The van der Waals surface area contributed by atoms with Gasteiger partial charge in [-0.15, -0.1) is 0 Å². The summed E-state index contributed by atoms with van der Waals surface area (Å²) in [6, 6.07) is -0.0536. The maximum absolute atomic E-state index is 11.7. The Morgan fingerprint density at radius 2 is 2.28 bits per heavy atom. The van der Waals surface area contributed by atoms with Gasteiger partial charge >= 0.3 is 0 Å². The SMILES string of the molecule is Cc1c(/C=C/C(=O)NC(C)C(C)CO)cnn1C. The van der Waals surface area contributed by atoms with Gasteiger partial charge in [-0.2, -0.15) is 5.10 Å². The van der Waals surface area contributed by atoms with Gasteiger partial charge in [-0.1, -0.05) is 6.92 Å².